The van der Waals surface area contributed by atoms with Gasteiger partial charge in [-0.05, 0) is 66.8 Å². The van der Waals surface area contributed by atoms with Gasteiger partial charge in [0.2, 0.25) is 5.91 Å². The Morgan fingerprint density at radius 1 is 1.03 bits per heavy atom. The maximum atomic E-state index is 13.9. The highest BCUT2D eigenvalue weighted by Gasteiger charge is 2.48. The summed E-state index contributed by atoms with van der Waals surface area (Å²) in [7, 11) is 1.62. The number of carbonyl (C=O) groups is 2. The molecule has 8 heteroatoms. The van der Waals surface area contributed by atoms with E-state index in [1.54, 1.807) is 34.5 Å². The fourth-order valence-corrected chi connectivity index (χ4v) is 5.08. The van der Waals surface area contributed by atoms with E-state index < -0.39 is 5.54 Å². The molecule has 1 aliphatic rings. The van der Waals surface area contributed by atoms with Crippen LogP contribution in [0.25, 0.3) is 11.3 Å². The van der Waals surface area contributed by atoms with Crippen molar-refractivity contribution in [1.82, 2.24) is 20.0 Å². The average molecular weight is 527 g/mol. The second kappa shape index (κ2) is 10.8. The number of carbonyl (C=O) groups excluding carboxylic acids is 2. The number of ether oxygens (including phenoxy) is 1. The number of amides is 2. The highest BCUT2D eigenvalue weighted by molar-refractivity contribution is 7.98. The van der Waals surface area contributed by atoms with Crippen LogP contribution in [0.2, 0.25) is 0 Å². The third kappa shape index (κ3) is 5.04. The van der Waals surface area contributed by atoms with Crippen LogP contribution in [-0.4, -0.2) is 45.4 Å². The Kier molecular flexibility index (Phi) is 7.24. The van der Waals surface area contributed by atoms with E-state index in [4.69, 9.17) is 9.84 Å². The summed E-state index contributed by atoms with van der Waals surface area (Å²) in [6.07, 6.45) is 2.03. The lowest BCUT2D eigenvalue weighted by molar-refractivity contribution is -0.133. The maximum absolute atomic E-state index is 13.9. The molecule has 1 aromatic heterocycles. The summed E-state index contributed by atoms with van der Waals surface area (Å²) in [6.45, 7) is 2.75. The van der Waals surface area contributed by atoms with Crippen molar-refractivity contribution >= 4 is 23.6 Å². The molecule has 1 atom stereocenters. The molecule has 0 saturated carbocycles. The predicted octanol–water partition coefficient (Wildman–Crippen LogP) is 5.01. The fraction of sp³-hybridized carbons (Fsp3) is 0.233. The quantitative estimate of drug-likeness (QED) is 0.327. The standard InChI is InChI=1S/C30H30N4O3S/c1-30(29(36)31-18-21-7-5-4-6-8-21)20-34-27(17-26(32-34)23-11-13-24(37-2)14-12-23)28(35)33(30)19-22-9-15-25(38-3)16-10-22/h4-17H,18-20H2,1-3H3,(H,31,36). The highest BCUT2D eigenvalue weighted by atomic mass is 32.2. The van der Waals surface area contributed by atoms with Crippen molar-refractivity contribution < 1.29 is 14.3 Å². The van der Waals surface area contributed by atoms with Crippen LogP contribution in [0.5, 0.6) is 5.75 Å². The van der Waals surface area contributed by atoms with Gasteiger partial charge in [-0.2, -0.15) is 5.10 Å². The zero-order valence-corrected chi connectivity index (χ0v) is 22.5. The first kappa shape index (κ1) is 25.6. The maximum Gasteiger partial charge on any atom is 0.273 e. The Morgan fingerprint density at radius 2 is 1.74 bits per heavy atom. The molecule has 2 amide bonds. The predicted molar refractivity (Wildman–Crippen MR) is 149 cm³/mol. The first-order valence-corrected chi connectivity index (χ1v) is 13.6. The monoisotopic (exact) mass is 526 g/mol. The minimum absolute atomic E-state index is 0.220. The molecule has 0 fully saturated rings. The Hall–Kier alpha value is -4.04. The highest BCUT2D eigenvalue weighted by Crippen LogP contribution is 2.32. The van der Waals surface area contributed by atoms with Crippen LogP contribution in [-0.2, 0) is 24.4 Å². The van der Waals surface area contributed by atoms with E-state index in [9.17, 15) is 9.59 Å². The lowest BCUT2D eigenvalue weighted by Gasteiger charge is -2.43. The third-order valence-electron chi connectivity index (χ3n) is 6.97. The smallest absolute Gasteiger partial charge is 0.273 e. The molecule has 0 aliphatic carbocycles. The van der Waals surface area contributed by atoms with Crippen molar-refractivity contribution in [3.8, 4) is 17.0 Å². The number of nitrogens with zero attached hydrogens (tertiary/aromatic N) is 3. The second-order valence-corrected chi connectivity index (χ2v) is 10.4. The number of rotatable bonds is 8. The first-order valence-electron chi connectivity index (χ1n) is 12.4. The fourth-order valence-electron chi connectivity index (χ4n) is 4.67. The topological polar surface area (TPSA) is 76.5 Å². The summed E-state index contributed by atoms with van der Waals surface area (Å²) in [5, 5.41) is 7.79. The molecule has 4 aromatic rings. The molecule has 0 bridgehead atoms. The van der Waals surface area contributed by atoms with Gasteiger partial charge in [-0.3, -0.25) is 14.3 Å². The molecule has 194 valence electrons. The lowest BCUT2D eigenvalue weighted by atomic mass is 9.94. The SMILES string of the molecule is COc1ccc(-c2cc3n(n2)CC(C)(C(=O)NCc2ccccc2)N(Cc2ccc(SC)cc2)C3=O)cc1. The Bertz CT molecular complexity index is 1430. The van der Waals surface area contributed by atoms with Gasteiger partial charge in [0.25, 0.3) is 5.91 Å². The molecular weight excluding hydrogens is 496 g/mol. The van der Waals surface area contributed by atoms with Gasteiger partial charge in [0.1, 0.15) is 17.0 Å². The van der Waals surface area contributed by atoms with Crippen LogP contribution >= 0.6 is 11.8 Å². The van der Waals surface area contributed by atoms with Crippen molar-refractivity contribution in [2.45, 2.75) is 37.0 Å². The van der Waals surface area contributed by atoms with Gasteiger partial charge in [0.15, 0.2) is 0 Å². The van der Waals surface area contributed by atoms with Crippen LogP contribution in [0.15, 0.2) is 89.8 Å². The van der Waals surface area contributed by atoms with Crippen LogP contribution in [0.3, 0.4) is 0 Å². The van der Waals surface area contributed by atoms with Gasteiger partial charge in [-0.15, -0.1) is 11.8 Å². The zero-order valence-electron chi connectivity index (χ0n) is 21.7. The van der Waals surface area contributed by atoms with E-state index in [1.165, 1.54) is 0 Å². The van der Waals surface area contributed by atoms with Crippen LogP contribution in [0.1, 0.15) is 28.5 Å². The van der Waals surface area contributed by atoms with Crippen molar-refractivity contribution in [2.24, 2.45) is 0 Å². The van der Waals surface area contributed by atoms with Gasteiger partial charge in [0, 0.05) is 23.5 Å². The average Bonchev–Trinajstić information content (AvgIpc) is 3.38. The molecule has 38 heavy (non-hydrogen) atoms. The summed E-state index contributed by atoms with van der Waals surface area (Å²) in [5.41, 5.74) is 2.82. The lowest BCUT2D eigenvalue weighted by Crippen LogP contribution is -2.63. The van der Waals surface area contributed by atoms with Gasteiger partial charge < -0.3 is 15.0 Å². The number of thioether (sulfide) groups is 1. The largest absolute Gasteiger partial charge is 0.497 e. The summed E-state index contributed by atoms with van der Waals surface area (Å²) in [6, 6.07) is 27.2. The normalized spacial score (nSPS) is 16.7. The number of fused-ring (bicyclic) bond motifs is 1. The van der Waals surface area contributed by atoms with E-state index in [0.717, 1.165) is 27.3 Å². The van der Waals surface area contributed by atoms with Crippen molar-refractivity contribution in [2.75, 3.05) is 13.4 Å². The van der Waals surface area contributed by atoms with Crippen LogP contribution in [0.4, 0.5) is 0 Å². The number of aromatic nitrogens is 2. The van der Waals surface area contributed by atoms with Gasteiger partial charge >= 0.3 is 0 Å². The summed E-state index contributed by atoms with van der Waals surface area (Å²) < 4.78 is 6.93. The molecular formula is C30H30N4O3S. The molecule has 1 unspecified atom stereocenters. The van der Waals surface area contributed by atoms with E-state index in [0.29, 0.717) is 24.5 Å². The summed E-state index contributed by atoms with van der Waals surface area (Å²) in [4.78, 5) is 30.5. The van der Waals surface area contributed by atoms with Crippen molar-refractivity contribution in [1.29, 1.82) is 0 Å². The molecule has 0 radical (unpaired) electrons. The molecule has 0 spiro atoms. The Balaban J connectivity index is 1.48. The van der Waals surface area contributed by atoms with Crippen LogP contribution in [0, 0.1) is 0 Å². The molecule has 1 aliphatic heterocycles. The molecule has 0 saturated heterocycles. The molecule has 1 N–H and O–H groups in total. The molecule has 2 heterocycles. The zero-order chi connectivity index (χ0) is 26.7. The Labute approximate surface area is 226 Å². The van der Waals surface area contributed by atoms with Crippen molar-refractivity contribution in [3.05, 3.63) is 102 Å². The number of nitrogens with one attached hydrogen (secondary N) is 1. The summed E-state index contributed by atoms with van der Waals surface area (Å²) >= 11 is 1.66. The molecule has 5 rings (SSSR count). The number of methoxy groups -OCH3 is 1. The minimum Gasteiger partial charge on any atom is -0.497 e. The van der Waals surface area contributed by atoms with Gasteiger partial charge in [-0.1, -0.05) is 42.5 Å². The number of hydrogen-bond donors (Lipinski definition) is 1. The van der Waals surface area contributed by atoms with E-state index in [-0.39, 0.29) is 18.4 Å². The van der Waals surface area contributed by atoms with Gasteiger partial charge in [0.05, 0.1) is 19.3 Å². The Morgan fingerprint density at radius 3 is 2.39 bits per heavy atom. The third-order valence-corrected chi connectivity index (χ3v) is 7.71. The van der Waals surface area contributed by atoms with Crippen LogP contribution < -0.4 is 10.1 Å². The van der Waals surface area contributed by atoms with E-state index in [1.807, 2.05) is 92.0 Å². The van der Waals surface area contributed by atoms with E-state index >= 15 is 0 Å². The van der Waals surface area contributed by atoms with Crippen molar-refractivity contribution in [3.63, 3.8) is 0 Å². The first-order chi connectivity index (χ1) is 18.4. The van der Waals surface area contributed by atoms with Gasteiger partial charge in [-0.25, -0.2) is 0 Å². The van der Waals surface area contributed by atoms with E-state index in [2.05, 4.69) is 5.32 Å². The summed E-state index contributed by atoms with van der Waals surface area (Å²) in [5.74, 6) is 0.299. The molecule has 3 aromatic carbocycles. The minimum atomic E-state index is -1.14. The number of hydrogen-bond acceptors (Lipinski definition) is 5. The second-order valence-electron chi connectivity index (χ2n) is 9.48. The molecule has 7 nitrogen and oxygen atoms in total. The number of benzene rings is 3.